The van der Waals surface area contributed by atoms with Gasteiger partial charge in [0.15, 0.2) is 0 Å². The van der Waals surface area contributed by atoms with Gasteiger partial charge in [0.25, 0.3) is 0 Å². The Bertz CT molecular complexity index is 376. The highest BCUT2D eigenvalue weighted by atomic mass is 16.4. The van der Waals surface area contributed by atoms with E-state index in [0.29, 0.717) is 6.42 Å². The quantitative estimate of drug-likeness (QED) is 0.793. The average molecular weight is 235 g/mol. The maximum atomic E-state index is 11.5. The van der Waals surface area contributed by atoms with Crippen molar-refractivity contribution in [2.75, 3.05) is 0 Å². The summed E-state index contributed by atoms with van der Waals surface area (Å²) in [6, 6.07) is 9.61. The van der Waals surface area contributed by atoms with Crippen LogP contribution in [0.3, 0.4) is 0 Å². The topological polar surface area (TPSA) is 66.4 Å². The van der Waals surface area contributed by atoms with E-state index in [9.17, 15) is 9.59 Å². The van der Waals surface area contributed by atoms with Gasteiger partial charge in [-0.2, -0.15) is 0 Å². The van der Waals surface area contributed by atoms with Gasteiger partial charge in [0.2, 0.25) is 5.91 Å². The van der Waals surface area contributed by atoms with Crippen LogP contribution in [0.25, 0.3) is 0 Å². The molecule has 1 aromatic carbocycles. The predicted molar refractivity (Wildman–Crippen MR) is 64.5 cm³/mol. The Kier molecular flexibility index (Phi) is 5.20. The number of nitrogens with one attached hydrogen (secondary N) is 1. The van der Waals surface area contributed by atoms with E-state index in [2.05, 4.69) is 5.32 Å². The first kappa shape index (κ1) is 13.2. The molecule has 1 atom stereocenters. The maximum absolute atomic E-state index is 11.5. The van der Waals surface area contributed by atoms with Gasteiger partial charge < -0.3 is 10.4 Å². The summed E-state index contributed by atoms with van der Waals surface area (Å²) in [5.41, 5.74) is 1.04. The van der Waals surface area contributed by atoms with Gasteiger partial charge in [-0.05, 0) is 18.9 Å². The van der Waals surface area contributed by atoms with Crippen LogP contribution in [-0.4, -0.2) is 17.0 Å². The fourth-order valence-corrected chi connectivity index (χ4v) is 1.54. The largest absolute Gasteiger partial charge is 0.481 e. The average Bonchev–Trinajstić information content (AvgIpc) is 2.29. The van der Waals surface area contributed by atoms with Crippen LogP contribution in [0.1, 0.15) is 37.8 Å². The standard InChI is InChI=1S/C13H17NO3/c1-10(11-6-3-2-4-7-11)14-12(15)8-5-9-13(16)17/h2-4,6-7,10H,5,8-9H2,1H3,(H,14,15)(H,16,17)/t10-/m1/s1. The molecule has 4 heteroatoms. The first-order valence-corrected chi connectivity index (χ1v) is 5.65. The minimum atomic E-state index is -0.867. The second-order valence-corrected chi connectivity index (χ2v) is 3.95. The van der Waals surface area contributed by atoms with E-state index in [1.165, 1.54) is 0 Å². The Balaban J connectivity index is 2.34. The third kappa shape index (κ3) is 5.15. The van der Waals surface area contributed by atoms with Crippen LogP contribution in [0.2, 0.25) is 0 Å². The highest BCUT2D eigenvalue weighted by Gasteiger charge is 2.09. The van der Waals surface area contributed by atoms with Gasteiger partial charge in [-0.15, -0.1) is 0 Å². The first-order chi connectivity index (χ1) is 8.09. The molecule has 1 amide bonds. The van der Waals surface area contributed by atoms with E-state index in [1.807, 2.05) is 37.3 Å². The Morgan fingerprint density at radius 3 is 2.47 bits per heavy atom. The highest BCUT2D eigenvalue weighted by molar-refractivity contribution is 5.77. The van der Waals surface area contributed by atoms with Crippen molar-refractivity contribution in [3.8, 4) is 0 Å². The minimum Gasteiger partial charge on any atom is -0.481 e. The number of carbonyl (C=O) groups is 2. The molecule has 1 rings (SSSR count). The van der Waals surface area contributed by atoms with Crippen molar-refractivity contribution in [2.24, 2.45) is 0 Å². The molecule has 0 saturated carbocycles. The number of amides is 1. The van der Waals surface area contributed by atoms with Crippen molar-refractivity contribution >= 4 is 11.9 Å². The maximum Gasteiger partial charge on any atom is 0.303 e. The van der Waals surface area contributed by atoms with Gasteiger partial charge in [-0.3, -0.25) is 9.59 Å². The zero-order valence-corrected chi connectivity index (χ0v) is 9.85. The number of carboxylic acids is 1. The van der Waals surface area contributed by atoms with Gasteiger partial charge in [0.1, 0.15) is 0 Å². The molecule has 0 unspecified atom stereocenters. The van der Waals surface area contributed by atoms with Crippen molar-refractivity contribution in [3.05, 3.63) is 35.9 Å². The Morgan fingerprint density at radius 2 is 1.88 bits per heavy atom. The van der Waals surface area contributed by atoms with Gasteiger partial charge in [-0.25, -0.2) is 0 Å². The van der Waals surface area contributed by atoms with Crippen molar-refractivity contribution < 1.29 is 14.7 Å². The number of hydrogen-bond acceptors (Lipinski definition) is 2. The molecule has 0 aliphatic carbocycles. The fraction of sp³-hybridized carbons (Fsp3) is 0.385. The number of aliphatic carboxylic acids is 1. The van der Waals surface area contributed by atoms with Crippen molar-refractivity contribution in [2.45, 2.75) is 32.2 Å². The van der Waals surface area contributed by atoms with Crippen LogP contribution in [-0.2, 0) is 9.59 Å². The number of carbonyl (C=O) groups excluding carboxylic acids is 1. The number of rotatable bonds is 6. The number of hydrogen-bond donors (Lipinski definition) is 2. The molecule has 0 radical (unpaired) electrons. The third-order valence-electron chi connectivity index (χ3n) is 2.47. The van der Waals surface area contributed by atoms with E-state index >= 15 is 0 Å². The van der Waals surface area contributed by atoms with Gasteiger partial charge in [-0.1, -0.05) is 30.3 Å². The molecule has 0 heterocycles. The van der Waals surface area contributed by atoms with Crippen LogP contribution in [0, 0.1) is 0 Å². The lowest BCUT2D eigenvalue weighted by Gasteiger charge is -2.13. The highest BCUT2D eigenvalue weighted by Crippen LogP contribution is 2.11. The normalized spacial score (nSPS) is 11.8. The monoisotopic (exact) mass is 235 g/mol. The molecule has 17 heavy (non-hydrogen) atoms. The Labute approximate surface area is 101 Å². The van der Waals surface area contributed by atoms with Gasteiger partial charge >= 0.3 is 5.97 Å². The van der Waals surface area contributed by atoms with Crippen LogP contribution in [0.5, 0.6) is 0 Å². The zero-order valence-electron chi connectivity index (χ0n) is 9.85. The molecule has 1 aromatic rings. The zero-order chi connectivity index (χ0) is 12.7. The summed E-state index contributed by atoms with van der Waals surface area (Å²) in [4.78, 5) is 21.8. The van der Waals surface area contributed by atoms with Crippen LogP contribution >= 0.6 is 0 Å². The molecular weight excluding hydrogens is 218 g/mol. The summed E-state index contributed by atoms with van der Waals surface area (Å²) < 4.78 is 0. The van der Waals surface area contributed by atoms with Crippen LogP contribution < -0.4 is 5.32 Å². The molecule has 0 aromatic heterocycles. The molecule has 92 valence electrons. The summed E-state index contributed by atoms with van der Waals surface area (Å²) in [5, 5.41) is 11.3. The molecule has 2 N–H and O–H groups in total. The van der Waals surface area contributed by atoms with E-state index in [4.69, 9.17) is 5.11 Å². The number of carboxylic acid groups (broad SMARTS) is 1. The molecule has 0 bridgehead atoms. The Hall–Kier alpha value is -1.84. The molecular formula is C13H17NO3. The van der Waals surface area contributed by atoms with Crippen LogP contribution in [0.15, 0.2) is 30.3 Å². The molecule has 0 fully saturated rings. The molecule has 0 aliphatic heterocycles. The van der Waals surface area contributed by atoms with E-state index in [0.717, 1.165) is 5.56 Å². The summed E-state index contributed by atoms with van der Waals surface area (Å²) in [5.74, 6) is -0.975. The van der Waals surface area contributed by atoms with Gasteiger partial charge in [0, 0.05) is 12.8 Å². The Morgan fingerprint density at radius 1 is 1.24 bits per heavy atom. The summed E-state index contributed by atoms with van der Waals surface area (Å²) >= 11 is 0. The summed E-state index contributed by atoms with van der Waals surface area (Å²) in [6.07, 6.45) is 0.666. The van der Waals surface area contributed by atoms with E-state index in [1.54, 1.807) is 0 Å². The smallest absolute Gasteiger partial charge is 0.303 e. The van der Waals surface area contributed by atoms with Crippen LogP contribution in [0.4, 0.5) is 0 Å². The second kappa shape index (κ2) is 6.68. The lowest BCUT2D eigenvalue weighted by molar-refractivity contribution is -0.137. The van der Waals surface area contributed by atoms with Crippen molar-refractivity contribution in [3.63, 3.8) is 0 Å². The SMILES string of the molecule is C[C@@H](NC(=O)CCCC(=O)O)c1ccccc1. The minimum absolute atomic E-state index is 0.0349. The lowest BCUT2D eigenvalue weighted by atomic mass is 10.1. The predicted octanol–water partition coefficient (Wildman–Crippen LogP) is 2.12. The van der Waals surface area contributed by atoms with Crippen molar-refractivity contribution in [1.29, 1.82) is 0 Å². The van der Waals surface area contributed by atoms with Gasteiger partial charge in [0.05, 0.1) is 6.04 Å². The summed E-state index contributed by atoms with van der Waals surface area (Å²) in [7, 11) is 0. The fourth-order valence-electron chi connectivity index (χ4n) is 1.54. The number of benzene rings is 1. The molecule has 4 nitrogen and oxygen atoms in total. The second-order valence-electron chi connectivity index (χ2n) is 3.95. The lowest BCUT2D eigenvalue weighted by Crippen LogP contribution is -2.26. The van der Waals surface area contributed by atoms with E-state index < -0.39 is 5.97 Å². The first-order valence-electron chi connectivity index (χ1n) is 5.65. The molecule has 0 saturated heterocycles. The molecule has 0 aliphatic rings. The molecule has 0 spiro atoms. The van der Waals surface area contributed by atoms with E-state index in [-0.39, 0.29) is 24.8 Å². The summed E-state index contributed by atoms with van der Waals surface area (Å²) in [6.45, 7) is 1.91. The van der Waals surface area contributed by atoms with Crippen molar-refractivity contribution in [1.82, 2.24) is 5.32 Å². The third-order valence-corrected chi connectivity index (χ3v) is 2.47.